The number of nitro benzene ring substituents is 1. The number of nitrogens with zero attached hydrogens (tertiary/aromatic N) is 3. The monoisotopic (exact) mass is 349 g/mol. The normalized spacial score (nSPS) is 11.7. The van der Waals surface area contributed by atoms with E-state index in [0.717, 1.165) is 0 Å². The first-order valence-electron chi connectivity index (χ1n) is 5.79. The molecule has 0 aliphatic carbocycles. The number of benzene rings is 1. The lowest BCUT2D eigenvalue weighted by molar-refractivity contribution is -0.383. The van der Waals surface area contributed by atoms with Gasteiger partial charge >= 0.3 is 5.69 Å². The highest BCUT2D eigenvalue weighted by atomic mass is 35.5. The summed E-state index contributed by atoms with van der Waals surface area (Å²) < 4.78 is 5.54. The largest absolute Gasteiger partial charge is 0.470 e. The van der Waals surface area contributed by atoms with Crippen molar-refractivity contribution in [3.05, 3.63) is 31.4 Å². The molecule has 0 spiro atoms. The first kappa shape index (κ1) is 16.0. The van der Waals surface area contributed by atoms with Gasteiger partial charge in [0.15, 0.2) is 10.7 Å². The van der Waals surface area contributed by atoms with E-state index in [9.17, 15) is 10.1 Å². The van der Waals surface area contributed by atoms with E-state index in [0.29, 0.717) is 0 Å². The van der Waals surface area contributed by atoms with Crippen molar-refractivity contribution in [2.75, 3.05) is 0 Å². The summed E-state index contributed by atoms with van der Waals surface area (Å²) in [7, 11) is 0. The Kier molecular flexibility index (Phi) is 4.15. The molecule has 0 aliphatic rings. The van der Waals surface area contributed by atoms with Crippen molar-refractivity contribution < 1.29 is 9.66 Å². The van der Waals surface area contributed by atoms with Crippen molar-refractivity contribution in [1.29, 1.82) is 0 Å². The Morgan fingerprint density at radius 2 is 1.86 bits per heavy atom. The molecule has 9 heteroatoms. The Morgan fingerprint density at radius 1 is 1.24 bits per heavy atom. The Labute approximate surface area is 135 Å². The summed E-state index contributed by atoms with van der Waals surface area (Å²) in [4.78, 5) is 18.6. The van der Waals surface area contributed by atoms with Gasteiger partial charge in [-0.1, -0.05) is 34.8 Å². The summed E-state index contributed by atoms with van der Waals surface area (Å²) in [5.74, 6) is -0.00171. The molecule has 2 aromatic rings. The summed E-state index contributed by atoms with van der Waals surface area (Å²) in [6.07, 6.45) is 0. The van der Waals surface area contributed by atoms with Gasteiger partial charge in [-0.15, -0.1) is 0 Å². The van der Waals surface area contributed by atoms with Crippen molar-refractivity contribution in [3.63, 3.8) is 0 Å². The van der Waals surface area contributed by atoms with E-state index in [1.165, 1.54) is 6.07 Å². The molecule has 0 bridgehead atoms. The molecular formula is C12H10Cl3N3O3. The predicted molar refractivity (Wildman–Crippen MR) is 81.6 cm³/mol. The van der Waals surface area contributed by atoms with E-state index in [1.807, 2.05) is 0 Å². The van der Waals surface area contributed by atoms with Gasteiger partial charge in [-0.3, -0.25) is 10.1 Å². The van der Waals surface area contributed by atoms with E-state index in [2.05, 4.69) is 9.97 Å². The van der Waals surface area contributed by atoms with Gasteiger partial charge < -0.3 is 4.74 Å². The summed E-state index contributed by atoms with van der Waals surface area (Å²) in [5.41, 5.74) is -0.876. The average molecular weight is 351 g/mol. The van der Waals surface area contributed by atoms with E-state index in [-0.39, 0.29) is 32.1 Å². The lowest BCUT2D eigenvalue weighted by Crippen LogP contribution is -2.24. The van der Waals surface area contributed by atoms with Crippen molar-refractivity contribution in [1.82, 2.24) is 9.97 Å². The van der Waals surface area contributed by atoms with Crippen LogP contribution in [0.25, 0.3) is 11.0 Å². The molecular weight excluding hydrogens is 341 g/mol. The highest BCUT2D eigenvalue weighted by Gasteiger charge is 2.26. The molecule has 0 unspecified atom stereocenters. The standard InChI is InChI=1S/C12H10Cl3N3O3/c1-12(2,3)21-11-10(15)16-6-4-5(13)7(14)9(18(19)20)8(6)17-11/h4H,1-3H3. The Bertz CT molecular complexity index is 744. The molecule has 21 heavy (non-hydrogen) atoms. The summed E-state index contributed by atoms with van der Waals surface area (Å²) in [6.45, 7) is 5.37. The molecule has 0 atom stereocenters. The minimum Gasteiger partial charge on any atom is -0.470 e. The van der Waals surface area contributed by atoms with Crippen molar-refractivity contribution >= 4 is 51.5 Å². The molecule has 2 rings (SSSR count). The topological polar surface area (TPSA) is 78.2 Å². The first-order chi connectivity index (χ1) is 9.60. The quantitative estimate of drug-likeness (QED) is 0.580. The molecule has 0 amide bonds. The SMILES string of the molecule is CC(C)(C)Oc1nc2c([N+](=O)[O-])c(Cl)c(Cl)cc2nc1Cl. The number of rotatable bonds is 2. The number of halogens is 3. The van der Waals surface area contributed by atoms with Crippen LogP contribution in [0.5, 0.6) is 5.88 Å². The fraction of sp³-hybridized carbons (Fsp3) is 0.333. The van der Waals surface area contributed by atoms with E-state index >= 15 is 0 Å². The van der Waals surface area contributed by atoms with Crippen LogP contribution in [-0.4, -0.2) is 20.5 Å². The maximum absolute atomic E-state index is 11.2. The van der Waals surface area contributed by atoms with Crippen molar-refractivity contribution in [2.24, 2.45) is 0 Å². The van der Waals surface area contributed by atoms with Crippen LogP contribution < -0.4 is 4.74 Å². The average Bonchev–Trinajstić information content (AvgIpc) is 2.30. The number of hydrogen-bond donors (Lipinski definition) is 0. The minimum absolute atomic E-state index is 0.00171. The summed E-state index contributed by atoms with van der Waals surface area (Å²) >= 11 is 17.7. The van der Waals surface area contributed by atoms with Crippen LogP contribution in [0.1, 0.15) is 20.8 Å². The molecule has 0 saturated carbocycles. The van der Waals surface area contributed by atoms with Gasteiger partial charge in [0.05, 0.1) is 15.5 Å². The van der Waals surface area contributed by atoms with Crippen LogP contribution in [0.3, 0.4) is 0 Å². The maximum Gasteiger partial charge on any atom is 0.317 e. The second-order valence-electron chi connectivity index (χ2n) is 5.18. The molecule has 1 aromatic heterocycles. The Balaban J connectivity index is 2.78. The van der Waals surface area contributed by atoms with Crippen LogP contribution in [0, 0.1) is 10.1 Å². The zero-order valence-electron chi connectivity index (χ0n) is 11.3. The van der Waals surface area contributed by atoms with E-state index < -0.39 is 16.2 Å². The lowest BCUT2D eigenvalue weighted by atomic mass is 10.2. The molecule has 0 aliphatic heterocycles. The second-order valence-corrected chi connectivity index (χ2v) is 6.32. The summed E-state index contributed by atoms with van der Waals surface area (Å²) in [5, 5.41) is 11.0. The van der Waals surface area contributed by atoms with Crippen LogP contribution >= 0.6 is 34.8 Å². The molecule has 6 nitrogen and oxygen atoms in total. The molecule has 112 valence electrons. The van der Waals surface area contributed by atoms with Gasteiger partial charge in [0.25, 0.3) is 5.88 Å². The number of aromatic nitrogens is 2. The number of nitro groups is 1. The molecule has 0 fully saturated rings. The molecule has 0 N–H and O–H groups in total. The maximum atomic E-state index is 11.2. The van der Waals surface area contributed by atoms with E-state index in [1.54, 1.807) is 20.8 Å². The fourth-order valence-corrected chi connectivity index (χ4v) is 2.19. The van der Waals surface area contributed by atoms with E-state index in [4.69, 9.17) is 39.5 Å². The van der Waals surface area contributed by atoms with Crippen LogP contribution in [0.15, 0.2) is 6.07 Å². The molecule has 0 radical (unpaired) electrons. The third-order valence-corrected chi connectivity index (χ3v) is 3.37. The van der Waals surface area contributed by atoms with Gasteiger partial charge in [0.2, 0.25) is 0 Å². The van der Waals surface area contributed by atoms with Gasteiger partial charge in [-0.2, -0.15) is 0 Å². The first-order valence-corrected chi connectivity index (χ1v) is 6.92. The van der Waals surface area contributed by atoms with Gasteiger partial charge in [-0.25, -0.2) is 9.97 Å². The lowest BCUT2D eigenvalue weighted by Gasteiger charge is -2.20. The smallest absolute Gasteiger partial charge is 0.317 e. The predicted octanol–water partition coefficient (Wildman–Crippen LogP) is 4.68. The molecule has 1 heterocycles. The third-order valence-electron chi connectivity index (χ3n) is 2.34. The van der Waals surface area contributed by atoms with Gasteiger partial charge in [0.1, 0.15) is 10.6 Å². The number of ether oxygens (including phenoxy) is 1. The van der Waals surface area contributed by atoms with Gasteiger partial charge in [-0.05, 0) is 26.8 Å². The number of fused-ring (bicyclic) bond motifs is 1. The Hall–Kier alpha value is -1.37. The highest BCUT2D eigenvalue weighted by Crippen LogP contribution is 2.39. The molecule has 0 saturated heterocycles. The van der Waals surface area contributed by atoms with Crippen LogP contribution in [0.2, 0.25) is 15.2 Å². The number of hydrogen-bond acceptors (Lipinski definition) is 5. The second kappa shape index (κ2) is 5.44. The zero-order valence-corrected chi connectivity index (χ0v) is 13.5. The Morgan fingerprint density at radius 3 is 2.38 bits per heavy atom. The van der Waals surface area contributed by atoms with Crippen molar-refractivity contribution in [3.8, 4) is 5.88 Å². The van der Waals surface area contributed by atoms with Crippen LogP contribution in [-0.2, 0) is 0 Å². The fourth-order valence-electron chi connectivity index (χ4n) is 1.61. The minimum atomic E-state index is -0.667. The summed E-state index contributed by atoms with van der Waals surface area (Å²) in [6, 6.07) is 1.37. The van der Waals surface area contributed by atoms with Crippen LogP contribution in [0.4, 0.5) is 5.69 Å². The molecule has 1 aromatic carbocycles. The van der Waals surface area contributed by atoms with Gasteiger partial charge in [0, 0.05) is 0 Å². The highest BCUT2D eigenvalue weighted by molar-refractivity contribution is 6.44. The zero-order chi connectivity index (χ0) is 15.9. The van der Waals surface area contributed by atoms with Crippen molar-refractivity contribution in [2.45, 2.75) is 26.4 Å². The third kappa shape index (κ3) is 3.28.